The molecule has 1 unspecified atom stereocenters. The van der Waals surface area contributed by atoms with Gasteiger partial charge in [-0.3, -0.25) is 4.79 Å². The van der Waals surface area contributed by atoms with E-state index in [1.807, 2.05) is 24.3 Å². The van der Waals surface area contributed by atoms with Crippen molar-refractivity contribution in [3.63, 3.8) is 0 Å². The Hall–Kier alpha value is -1.75. The van der Waals surface area contributed by atoms with E-state index in [0.29, 0.717) is 31.1 Å². The highest BCUT2D eigenvalue weighted by Crippen LogP contribution is 2.47. The summed E-state index contributed by atoms with van der Waals surface area (Å²) in [5, 5.41) is 12.7. The van der Waals surface area contributed by atoms with Crippen LogP contribution in [-0.4, -0.2) is 41.6 Å². The van der Waals surface area contributed by atoms with Crippen LogP contribution < -0.4 is 5.32 Å². The predicted octanol–water partition coefficient (Wildman–Crippen LogP) is 2.49. The second-order valence-electron chi connectivity index (χ2n) is 6.22. The third-order valence-corrected chi connectivity index (χ3v) is 4.96. The summed E-state index contributed by atoms with van der Waals surface area (Å²) in [6.07, 6.45) is 2.63. The van der Waals surface area contributed by atoms with Crippen molar-refractivity contribution in [1.29, 1.82) is 0 Å². The van der Waals surface area contributed by atoms with E-state index >= 15 is 0 Å². The Kier molecular flexibility index (Phi) is 4.00. The average Bonchev–Trinajstić information content (AvgIpc) is 3.11. The minimum absolute atomic E-state index is 0.0200. The van der Waals surface area contributed by atoms with Crippen molar-refractivity contribution >= 4 is 23.6 Å². The van der Waals surface area contributed by atoms with Gasteiger partial charge in [0, 0.05) is 30.1 Å². The summed E-state index contributed by atoms with van der Waals surface area (Å²) in [6, 6.07) is 7.60. The minimum atomic E-state index is -0.824. The molecule has 1 atom stereocenters. The van der Waals surface area contributed by atoms with Crippen LogP contribution >= 0.6 is 11.6 Å². The summed E-state index contributed by atoms with van der Waals surface area (Å²) in [5.74, 6) is -1.26. The zero-order valence-corrected chi connectivity index (χ0v) is 13.0. The maximum Gasteiger partial charge on any atom is 0.317 e. The van der Waals surface area contributed by atoms with E-state index in [4.69, 9.17) is 16.7 Å². The lowest BCUT2D eigenvalue weighted by atomic mass is 9.96. The number of carboxylic acids is 1. The Bertz CT molecular complexity index is 584. The molecule has 1 aliphatic heterocycles. The molecule has 5 nitrogen and oxygen atoms in total. The molecule has 2 aliphatic rings. The first-order valence-corrected chi connectivity index (χ1v) is 7.90. The highest BCUT2D eigenvalue weighted by atomic mass is 35.5. The molecule has 0 radical (unpaired) electrons. The molecule has 1 aromatic rings. The Balaban J connectivity index is 1.55. The molecule has 22 heavy (non-hydrogen) atoms. The second-order valence-corrected chi connectivity index (χ2v) is 6.65. The molecule has 1 saturated carbocycles. The quantitative estimate of drug-likeness (QED) is 0.894. The van der Waals surface area contributed by atoms with Crippen molar-refractivity contribution in [3.05, 3.63) is 34.9 Å². The smallest absolute Gasteiger partial charge is 0.317 e. The molecule has 1 saturated heterocycles. The first-order valence-electron chi connectivity index (χ1n) is 7.52. The van der Waals surface area contributed by atoms with Gasteiger partial charge in [0.1, 0.15) is 0 Å². The van der Waals surface area contributed by atoms with Gasteiger partial charge < -0.3 is 15.3 Å². The number of halogens is 1. The number of likely N-dealkylation sites (tertiary alicyclic amines) is 1. The SMILES string of the molecule is O=C(O)C1CCN(C(=O)NCC2(c3ccc(Cl)cc3)CC2)C1. The zero-order valence-electron chi connectivity index (χ0n) is 12.2. The number of hydrogen-bond donors (Lipinski definition) is 2. The van der Waals surface area contributed by atoms with Crippen molar-refractivity contribution in [2.24, 2.45) is 5.92 Å². The van der Waals surface area contributed by atoms with E-state index in [-0.39, 0.29) is 11.4 Å². The highest BCUT2D eigenvalue weighted by molar-refractivity contribution is 6.30. The van der Waals surface area contributed by atoms with E-state index in [9.17, 15) is 9.59 Å². The fourth-order valence-corrected chi connectivity index (χ4v) is 3.15. The molecule has 118 valence electrons. The van der Waals surface area contributed by atoms with Crippen molar-refractivity contribution < 1.29 is 14.7 Å². The monoisotopic (exact) mass is 322 g/mol. The zero-order chi connectivity index (χ0) is 15.7. The lowest BCUT2D eigenvalue weighted by molar-refractivity contribution is -0.141. The van der Waals surface area contributed by atoms with Crippen LogP contribution in [0.1, 0.15) is 24.8 Å². The maximum atomic E-state index is 12.2. The Morgan fingerprint density at radius 3 is 2.55 bits per heavy atom. The van der Waals surface area contributed by atoms with Crippen molar-refractivity contribution in [2.75, 3.05) is 19.6 Å². The van der Waals surface area contributed by atoms with Crippen LogP contribution in [0, 0.1) is 5.92 Å². The molecule has 1 aliphatic carbocycles. The molecular formula is C16H19ClN2O3. The highest BCUT2D eigenvalue weighted by Gasteiger charge is 2.44. The number of carboxylic acid groups (broad SMARTS) is 1. The number of carbonyl (C=O) groups excluding carboxylic acids is 1. The minimum Gasteiger partial charge on any atom is -0.481 e. The van der Waals surface area contributed by atoms with E-state index in [1.165, 1.54) is 5.56 Å². The summed E-state index contributed by atoms with van der Waals surface area (Å²) < 4.78 is 0. The number of amides is 2. The molecule has 6 heteroatoms. The third kappa shape index (κ3) is 3.04. The number of rotatable bonds is 4. The molecule has 0 aromatic heterocycles. The number of benzene rings is 1. The van der Waals surface area contributed by atoms with Gasteiger partial charge in [-0.1, -0.05) is 23.7 Å². The van der Waals surface area contributed by atoms with Gasteiger partial charge in [-0.25, -0.2) is 4.79 Å². The first kappa shape index (κ1) is 15.2. The second kappa shape index (κ2) is 5.80. The van der Waals surface area contributed by atoms with E-state index < -0.39 is 11.9 Å². The Morgan fingerprint density at radius 2 is 2.00 bits per heavy atom. The summed E-state index contributed by atoms with van der Waals surface area (Å²) >= 11 is 5.91. The first-order chi connectivity index (χ1) is 10.5. The van der Waals surface area contributed by atoms with Crippen molar-refractivity contribution in [3.8, 4) is 0 Å². The normalized spacial score (nSPS) is 22.4. The molecule has 2 amide bonds. The Labute approximate surface area is 134 Å². The molecule has 2 fully saturated rings. The van der Waals surface area contributed by atoms with Crippen LogP contribution in [0.4, 0.5) is 4.79 Å². The van der Waals surface area contributed by atoms with Gasteiger partial charge >= 0.3 is 12.0 Å². The molecule has 3 rings (SSSR count). The third-order valence-electron chi connectivity index (χ3n) is 4.71. The van der Waals surface area contributed by atoms with Gasteiger partial charge in [0.15, 0.2) is 0 Å². The number of hydrogen-bond acceptors (Lipinski definition) is 2. The maximum absolute atomic E-state index is 12.2. The van der Waals surface area contributed by atoms with Crippen LogP contribution in [0.5, 0.6) is 0 Å². The van der Waals surface area contributed by atoms with Gasteiger partial charge in [0.25, 0.3) is 0 Å². The molecule has 2 N–H and O–H groups in total. The van der Waals surface area contributed by atoms with E-state index in [1.54, 1.807) is 4.90 Å². The molecule has 1 heterocycles. The number of aliphatic carboxylic acids is 1. The van der Waals surface area contributed by atoms with Gasteiger partial charge in [-0.05, 0) is 37.0 Å². The topological polar surface area (TPSA) is 69.6 Å². The largest absolute Gasteiger partial charge is 0.481 e. The van der Waals surface area contributed by atoms with E-state index in [0.717, 1.165) is 12.8 Å². The molecule has 0 spiro atoms. The number of nitrogens with one attached hydrogen (secondary N) is 1. The van der Waals surface area contributed by atoms with Crippen LogP contribution in [0.15, 0.2) is 24.3 Å². The van der Waals surface area contributed by atoms with Crippen LogP contribution in [-0.2, 0) is 10.2 Å². The van der Waals surface area contributed by atoms with Gasteiger partial charge in [-0.2, -0.15) is 0 Å². The fraction of sp³-hybridized carbons (Fsp3) is 0.500. The molecular weight excluding hydrogens is 304 g/mol. The summed E-state index contributed by atoms with van der Waals surface area (Å²) in [5.41, 5.74) is 1.22. The lowest BCUT2D eigenvalue weighted by Crippen LogP contribution is -2.42. The van der Waals surface area contributed by atoms with Gasteiger partial charge in [-0.15, -0.1) is 0 Å². The van der Waals surface area contributed by atoms with Crippen LogP contribution in [0.2, 0.25) is 5.02 Å². The predicted molar refractivity (Wildman–Crippen MR) is 83.1 cm³/mol. The fourth-order valence-electron chi connectivity index (χ4n) is 3.02. The average molecular weight is 323 g/mol. The van der Waals surface area contributed by atoms with Crippen LogP contribution in [0.25, 0.3) is 0 Å². The number of nitrogens with zero attached hydrogens (tertiary/aromatic N) is 1. The summed E-state index contributed by atoms with van der Waals surface area (Å²) in [4.78, 5) is 24.7. The number of urea groups is 1. The van der Waals surface area contributed by atoms with Crippen molar-refractivity contribution in [1.82, 2.24) is 10.2 Å². The number of carbonyl (C=O) groups is 2. The Morgan fingerprint density at radius 1 is 1.32 bits per heavy atom. The summed E-state index contributed by atoms with van der Waals surface area (Å²) in [7, 11) is 0. The lowest BCUT2D eigenvalue weighted by Gasteiger charge is -2.21. The molecule has 0 bridgehead atoms. The van der Waals surface area contributed by atoms with E-state index in [2.05, 4.69) is 5.32 Å². The van der Waals surface area contributed by atoms with Crippen molar-refractivity contribution in [2.45, 2.75) is 24.7 Å². The molecule has 1 aromatic carbocycles. The standard InChI is InChI=1S/C16H19ClN2O3/c17-13-3-1-12(2-4-13)16(6-7-16)10-18-15(22)19-8-5-11(9-19)14(20)21/h1-4,11H,5-10H2,(H,18,22)(H,20,21). The van der Waals surface area contributed by atoms with Crippen LogP contribution in [0.3, 0.4) is 0 Å². The van der Waals surface area contributed by atoms with Gasteiger partial charge in [0.2, 0.25) is 0 Å². The van der Waals surface area contributed by atoms with Gasteiger partial charge in [0.05, 0.1) is 5.92 Å². The summed E-state index contributed by atoms with van der Waals surface area (Å²) in [6.45, 7) is 1.40.